The van der Waals surface area contributed by atoms with Gasteiger partial charge in [0.1, 0.15) is 5.69 Å². The fourth-order valence-electron chi connectivity index (χ4n) is 3.82. The first kappa shape index (κ1) is 17.6. The lowest BCUT2D eigenvalue weighted by Gasteiger charge is -2.25. The predicted molar refractivity (Wildman–Crippen MR) is 112 cm³/mol. The molecule has 0 aliphatic carbocycles. The van der Waals surface area contributed by atoms with Crippen molar-refractivity contribution in [2.45, 2.75) is 19.3 Å². The monoisotopic (exact) mass is 360 g/mol. The molecule has 1 saturated heterocycles. The van der Waals surface area contributed by atoms with Crippen molar-refractivity contribution in [2.75, 3.05) is 31.9 Å². The maximum Gasteiger partial charge on any atom is 0.194 e. The number of piperidine rings is 1. The minimum absolute atomic E-state index is 0.0253. The van der Waals surface area contributed by atoms with E-state index in [1.54, 1.807) is 0 Å². The van der Waals surface area contributed by atoms with E-state index in [0.29, 0.717) is 28.7 Å². The van der Waals surface area contributed by atoms with E-state index in [2.05, 4.69) is 15.1 Å². The molecule has 2 N–H and O–H groups in total. The van der Waals surface area contributed by atoms with Gasteiger partial charge in [-0.05, 0) is 25.9 Å². The normalized spacial score (nSPS) is 15.7. The third kappa shape index (κ3) is 3.55. The smallest absolute Gasteiger partial charge is 0.194 e. The fourth-order valence-corrected chi connectivity index (χ4v) is 3.82. The standard InChI is InChI=1S/C22H24N4O/c23-20-16-8-2-4-10-18(16)22(27)19-11-5-3-9-17(19)21(20)25-24-12-15-26-13-6-1-7-14-26/h2-5,8-11H,1,6-7,12-15,23H2. The van der Waals surface area contributed by atoms with Gasteiger partial charge in [-0.25, -0.2) is 0 Å². The van der Waals surface area contributed by atoms with E-state index in [4.69, 9.17) is 5.73 Å². The lowest BCUT2D eigenvalue weighted by Crippen LogP contribution is -2.31. The Bertz CT molecular complexity index is 1060. The molecule has 0 aromatic heterocycles. The third-order valence-corrected chi connectivity index (χ3v) is 5.28. The number of nitrogen functional groups attached to an aromatic ring is 1. The first-order valence-electron chi connectivity index (χ1n) is 9.59. The average molecular weight is 360 g/mol. The number of likely N-dealkylation sites (tertiary alicyclic amines) is 1. The summed E-state index contributed by atoms with van der Waals surface area (Å²) in [6.07, 6.45) is 3.86. The van der Waals surface area contributed by atoms with E-state index in [0.717, 1.165) is 30.4 Å². The van der Waals surface area contributed by atoms with Crippen LogP contribution in [0.1, 0.15) is 19.3 Å². The van der Waals surface area contributed by atoms with Crippen LogP contribution in [0.5, 0.6) is 0 Å². The number of anilines is 1. The summed E-state index contributed by atoms with van der Waals surface area (Å²) in [6, 6.07) is 14.9. The van der Waals surface area contributed by atoms with Gasteiger partial charge in [0, 0.05) is 28.1 Å². The van der Waals surface area contributed by atoms with Crippen LogP contribution in [0.25, 0.3) is 21.5 Å². The molecule has 0 saturated carbocycles. The number of nitrogens with two attached hydrogens (primary N) is 1. The summed E-state index contributed by atoms with van der Waals surface area (Å²) in [5.74, 6) is 0. The summed E-state index contributed by atoms with van der Waals surface area (Å²) >= 11 is 0. The van der Waals surface area contributed by atoms with Crippen LogP contribution in [0, 0.1) is 0 Å². The van der Waals surface area contributed by atoms with Crippen LogP contribution in [-0.2, 0) is 0 Å². The number of benzene rings is 2. The molecule has 5 nitrogen and oxygen atoms in total. The van der Waals surface area contributed by atoms with Crippen molar-refractivity contribution in [3.8, 4) is 0 Å². The molecule has 0 spiro atoms. The van der Waals surface area contributed by atoms with Crippen LogP contribution < -0.4 is 11.2 Å². The van der Waals surface area contributed by atoms with Crippen molar-refractivity contribution in [1.29, 1.82) is 0 Å². The second-order valence-corrected chi connectivity index (χ2v) is 7.05. The first-order chi connectivity index (χ1) is 13.3. The summed E-state index contributed by atoms with van der Waals surface area (Å²) in [5.41, 5.74) is 7.52. The zero-order chi connectivity index (χ0) is 18.6. The molecule has 3 aromatic rings. The average Bonchev–Trinajstić information content (AvgIpc) is 2.81. The Morgan fingerprint density at radius 1 is 0.852 bits per heavy atom. The molecule has 0 unspecified atom stereocenters. The van der Waals surface area contributed by atoms with Crippen LogP contribution in [0.15, 0.2) is 63.6 Å². The van der Waals surface area contributed by atoms with Gasteiger partial charge in [-0.2, -0.15) is 10.2 Å². The highest BCUT2D eigenvalue weighted by Gasteiger charge is 2.12. The summed E-state index contributed by atoms with van der Waals surface area (Å²) < 4.78 is 0. The minimum atomic E-state index is -0.0253. The third-order valence-electron chi connectivity index (χ3n) is 5.28. The molecular formula is C22H24N4O. The van der Waals surface area contributed by atoms with Gasteiger partial charge >= 0.3 is 0 Å². The largest absolute Gasteiger partial charge is 0.396 e. The highest BCUT2D eigenvalue weighted by atomic mass is 16.1. The van der Waals surface area contributed by atoms with Crippen molar-refractivity contribution in [1.82, 2.24) is 4.90 Å². The zero-order valence-corrected chi connectivity index (χ0v) is 15.4. The molecule has 0 atom stereocenters. The summed E-state index contributed by atoms with van der Waals surface area (Å²) in [7, 11) is 0. The molecule has 0 bridgehead atoms. The second kappa shape index (κ2) is 7.84. The highest BCUT2D eigenvalue weighted by Crippen LogP contribution is 2.34. The van der Waals surface area contributed by atoms with Crippen LogP contribution in [0.4, 0.5) is 11.4 Å². The van der Waals surface area contributed by atoms with Gasteiger partial charge in [0.2, 0.25) is 0 Å². The lowest BCUT2D eigenvalue weighted by molar-refractivity contribution is 0.234. The number of azo groups is 1. The number of fused-ring (bicyclic) bond motifs is 2. The second-order valence-electron chi connectivity index (χ2n) is 7.05. The Kier molecular flexibility index (Phi) is 5.12. The van der Waals surface area contributed by atoms with Crippen molar-refractivity contribution < 1.29 is 0 Å². The van der Waals surface area contributed by atoms with E-state index >= 15 is 0 Å². The Balaban J connectivity index is 1.76. The van der Waals surface area contributed by atoms with Gasteiger partial charge in [-0.1, -0.05) is 55.0 Å². The van der Waals surface area contributed by atoms with Crippen molar-refractivity contribution >= 4 is 32.9 Å². The number of rotatable bonds is 4. The molecule has 1 aliphatic heterocycles. The highest BCUT2D eigenvalue weighted by molar-refractivity contribution is 6.08. The Hall–Kier alpha value is -2.79. The first-order valence-corrected chi connectivity index (χ1v) is 9.59. The Labute approximate surface area is 158 Å². The molecule has 1 aliphatic rings. The molecular weight excluding hydrogens is 336 g/mol. The van der Waals surface area contributed by atoms with Crippen LogP contribution in [-0.4, -0.2) is 31.1 Å². The molecule has 0 radical (unpaired) electrons. The topological polar surface area (TPSA) is 71.0 Å². The van der Waals surface area contributed by atoms with Crippen molar-refractivity contribution in [2.24, 2.45) is 10.2 Å². The zero-order valence-electron chi connectivity index (χ0n) is 15.4. The summed E-state index contributed by atoms with van der Waals surface area (Å²) in [5, 5.41) is 11.6. The van der Waals surface area contributed by atoms with Gasteiger partial charge in [-0.15, -0.1) is 0 Å². The van der Waals surface area contributed by atoms with Crippen LogP contribution >= 0.6 is 0 Å². The van der Waals surface area contributed by atoms with Crippen LogP contribution in [0.3, 0.4) is 0 Å². The van der Waals surface area contributed by atoms with E-state index in [9.17, 15) is 4.79 Å². The maximum atomic E-state index is 13.0. The van der Waals surface area contributed by atoms with E-state index in [1.165, 1.54) is 19.3 Å². The summed E-state index contributed by atoms with van der Waals surface area (Å²) in [6.45, 7) is 3.83. The molecule has 138 valence electrons. The summed E-state index contributed by atoms with van der Waals surface area (Å²) in [4.78, 5) is 15.4. The van der Waals surface area contributed by atoms with Gasteiger partial charge < -0.3 is 10.6 Å². The SMILES string of the molecule is Nc1c(N=NCCN2CCCCC2)c2ccccc2c(=O)c2ccccc12. The Morgan fingerprint density at radius 2 is 1.44 bits per heavy atom. The molecule has 4 rings (SSSR count). The van der Waals surface area contributed by atoms with Crippen LogP contribution in [0.2, 0.25) is 0 Å². The molecule has 5 heteroatoms. The van der Waals surface area contributed by atoms with Gasteiger partial charge in [0.15, 0.2) is 5.43 Å². The molecule has 27 heavy (non-hydrogen) atoms. The molecule has 1 heterocycles. The molecule has 1 fully saturated rings. The molecule has 3 aromatic carbocycles. The van der Waals surface area contributed by atoms with Gasteiger partial charge in [-0.3, -0.25) is 4.79 Å². The van der Waals surface area contributed by atoms with E-state index < -0.39 is 0 Å². The number of hydrogen-bond donors (Lipinski definition) is 1. The quantitative estimate of drug-likeness (QED) is 0.696. The molecule has 0 amide bonds. The Morgan fingerprint density at radius 3 is 2.15 bits per heavy atom. The van der Waals surface area contributed by atoms with Gasteiger partial charge in [0.25, 0.3) is 0 Å². The predicted octanol–water partition coefficient (Wildman–Crippen LogP) is 4.51. The number of nitrogens with zero attached hydrogens (tertiary/aromatic N) is 3. The van der Waals surface area contributed by atoms with Crippen molar-refractivity contribution in [3.63, 3.8) is 0 Å². The maximum absolute atomic E-state index is 13.0. The lowest BCUT2D eigenvalue weighted by atomic mass is 10.1. The minimum Gasteiger partial charge on any atom is -0.396 e. The fraction of sp³-hybridized carbons (Fsp3) is 0.318. The van der Waals surface area contributed by atoms with Crippen molar-refractivity contribution in [3.05, 3.63) is 58.8 Å². The van der Waals surface area contributed by atoms with E-state index in [1.807, 2.05) is 48.5 Å². The van der Waals surface area contributed by atoms with E-state index in [-0.39, 0.29) is 5.43 Å². The van der Waals surface area contributed by atoms with Gasteiger partial charge in [0.05, 0.1) is 12.2 Å². The number of hydrogen-bond acceptors (Lipinski definition) is 5.